The lowest BCUT2D eigenvalue weighted by Gasteiger charge is -2.10. The average Bonchev–Trinajstić information content (AvgIpc) is 2.42. The number of anilines is 1. The van der Waals surface area contributed by atoms with Crippen molar-refractivity contribution in [1.82, 2.24) is 0 Å². The molecule has 0 aromatic heterocycles. The third-order valence-electron chi connectivity index (χ3n) is 3.01. The van der Waals surface area contributed by atoms with Gasteiger partial charge in [-0.1, -0.05) is 36.4 Å². The second-order valence-electron chi connectivity index (χ2n) is 4.54. The lowest BCUT2D eigenvalue weighted by Crippen LogP contribution is -2.01. The van der Waals surface area contributed by atoms with Crippen LogP contribution in [-0.4, -0.2) is 7.11 Å². The highest BCUT2D eigenvalue weighted by Crippen LogP contribution is 2.26. The molecule has 0 atom stereocenters. The first kappa shape index (κ1) is 14.1. The minimum absolute atomic E-state index is 0.664. The molecule has 19 heavy (non-hydrogen) atoms. The molecule has 0 fully saturated rings. The molecular formula is C16H18BrNO. The van der Waals surface area contributed by atoms with E-state index in [0.717, 1.165) is 16.7 Å². The SMILES string of the molecule is COCc1ccc(CNc2cccc(C)c2Br)cc1. The van der Waals surface area contributed by atoms with Crippen molar-refractivity contribution in [2.75, 3.05) is 12.4 Å². The van der Waals surface area contributed by atoms with Gasteiger partial charge in [0.25, 0.3) is 0 Å². The Hall–Kier alpha value is -1.32. The van der Waals surface area contributed by atoms with Gasteiger partial charge in [0.15, 0.2) is 0 Å². The van der Waals surface area contributed by atoms with E-state index in [2.05, 4.69) is 70.6 Å². The zero-order valence-electron chi connectivity index (χ0n) is 11.2. The van der Waals surface area contributed by atoms with E-state index in [1.54, 1.807) is 7.11 Å². The van der Waals surface area contributed by atoms with Crippen LogP contribution >= 0.6 is 15.9 Å². The van der Waals surface area contributed by atoms with Crippen molar-refractivity contribution in [3.63, 3.8) is 0 Å². The summed E-state index contributed by atoms with van der Waals surface area (Å²) >= 11 is 3.61. The summed E-state index contributed by atoms with van der Waals surface area (Å²) in [5.74, 6) is 0. The zero-order chi connectivity index (χ0) is 13.7. The minimum Gasteiger partial charge on any atom is -0.380 e. The molecule has 0 radical (unpaired) electrons. The van der Waals surface area contributed by atoms with Crippen molar-refractivity contribution in [3.8, 4) is 0 Å². The van der Waals surface area contributed by atoms with Crippen molar-refractivity contribution in [3.05, 3.63) is 63.6 Å². The predicted molar refractivity (Wildman–Crippen MR) is 83.4 cm³/mol. The molecule has 0 bridgehead atoms. The summed E-state index contributed by atoms with van der Waals surface area (Å²) in [4.78, 5) is 0. The molecule has 0 aliphatic rings. The fourth-order valence-electron chi connectivity index (χ4n) is 1.90. The molecule has 0 amide bonds. The van der Waals surface area contributed by atoms with Gasteiger partial charge in [0.05, 0.1) is 6.61 Å². The molecule has 0 aliphatic carbocycles. The van der Waals surface area contributed by atoms with E-state index in [4.69, 9.17) is 4.74 Å². The van der Waals surface area contributed by atoms with Crippen LogP contribution in [0.5, 0.6) is 0 Å². The van der Waals surface area contributed by atoms with Gasteiger partial charge in [-0.15, -0.1) is 0 Å². The van der Waals surface area contributed by atoms with Crippen LogP contribution in [-0.2, 0) is 17.9 Å². The molecule has 2 aromatic carbocycles. The van der Waals surface area contributed by atoms with Crippen LogP contribution in [0.3, 0.4) is 0 Å². The number of halogens is 1. The molecule has 0 heterocycles. The molecule has 2 rings (SSSR count). The van der Waals surface area contributed by atoms with E-state index in [-0.39, 0.29) is 0 Å². The third kappa shape index (κ3) is 3.82. The van der Waals surface area contributed by atoms with Gasteiger partial charge in [0, 0.05) is 23.8 Å². The number of hydrogen-bond acceptors (Lipinski definition) is 2. The van der Waals surface area contributed by atoms with Crippen LogP contribution < -0.4 is 5.32 Å². The standard InChI is InChI=1S/C16H18BrNO/c1-12-4-3-5-15(16(12)17)18-10-13-6-8-14(9-7-13)11-19-2/h3-9,18H,10-11H2,1-2H3. The summed E-state index contributed by atoms with van der Waals surface area (Å²) in [6.07, 6.45) is 0. The molecule has 100 valence electrons. The van der Waals surface area contributed by atoms with Gasteiger partial charge in [-0.25, -0.2) is 0 Å². The van der Waals surface area contributed by atoms with Crippen molar-refractivity contribution in [2.24, 2.45) is 0 Å². The van der Waals surface area contributed by atoms with Crippen LogP contribution in [0.15, 0.2) is 46.9 Å². The topological polar surface area (TPSA) is 21.3 Å². The quantitative estimate of drug-likeness (QED) is 0.875. The highest BCUT2D eigenvalue weighted by Gasteiger charge is 2.01. The van der Waals surface area contributed by atoms with Gasteiger partial charge in [-0.05, 0) is 45.6 Å². The number of benzene rings is 2. The largest absolute Gasteiger partial charge is 0.380 e. The smallest absolute Gasteiger partial charge is 0.0713 e. The normalized spacial score (nSPS) is 10.5. The zero-order valence-corrected chi connectivity index (χ0v) is 12.8. The maximum Gasteiger partial charge on any atom is 0.0713 e. The fraction of sp³-hybridized carbons (Fsp3) is 0.250. The number of aryl methyl sites for hydroxylation is 1. The third-order valence-corrected chi connectivity index (χ3v) is 4.06. The predicted octanol–water partition coefficient (Wildman–Crippen LogP) is 4.52. The number of methoxy groups -OCH3 is 1. The lowest BCUT2D eigenvalue weighted by atomic mass is 10.1. The summed E-state index contributed by atoms with van der Waals surface area (Å²) in [5.41, 5.74) is 4.82. The molecule has 1 N–H and O–H groups in total. The highest BCUT2D eigenvalue weighted by molar-refractivity contribution is 9.10. The maximum absolute atomic E-state index is 5.10. The summed E-state index contributed by atoms with van der Waals surface area (Å²) in [5, 5.41) is 3.44. The van der Waals surface area contributed by atoms with E-state index in [1.165, 1.54) is 16.7 Å². The van der Waals surface area contributed by atoms with E-state index >= 15 is 0 Å². The van der Waals surface area contributed by atoms with Gasteiger partial charge in [0.2, 0.25) is 0 Å². The van der Waals surface area contributed by atoms with Crippen molar-refractivity contribution >= 4 is 21.6 Å². The number of ether oxygens (including phenoxy) is 1. The molecule has 2 nitrogen and oxygen atoms in total. The van der Waals surface area contributed by atoms with Gasteiger partial charge < -0.3 is 10.1 Å². The first-order valence-corrected chi connectivity index (χ1v) is 7.05. The molecular weight excluding hydrogens is 302 g/mol. The van der Waals surface area contributed by atoms with E-state index in [9.17, 15) is 0 Å². The average molecular weight is 320 g/mol. The first-order valence-electron chi connectivity index (χ1n) is 6.26. The molecule has 3 heteroatoms. The number of hydrogen-bond donors (Lipinski definition) is 1. The van der Waals surface area contributed by atoms with Crippen molar-refractivity contribution in [1.29, 1.82) is 0 Å². The molecule has 0 aliphatic heterocycles. The minimum atomic E-state index is 0.664. The van der Waals surface area contributed by atoms with Crippen molar-refractivity contribution in [2.45, 2.75) is 20.1 Å². The monoisotopic (exact) mass is 319 g/mol. The molecule has 0 unspecified atom stereocenters. The van der Waals surface area contributed by atoms with E-state index < -0.39 is 0 Å². The van der Waals surface area contributed by atoms with Gasteiger partial charge in [-0.3, -0.25) is 0 Å². The van der Waals surface area contributed by atoms with Gasteiger partial charge in [0.1, 0.15) is 0 Å². The van der Waals surface area contributed by atoms with Crippen LogP contribution in [0.2, 0.25) is 0 Å². The second kappa shape index (κ2) is 6.73. The summed E-state index contributed by atoms with van der Waals surface area (Å²) in [7, 11) is 1.71. The molecule has 2 aromatic rings. The fourth-order valence-corrected chi connectivity index (χ4v) is 2.31. The Kier molecular flexibility index (Phi) is 5.00. The van der Waals surface area contributed by atoms with Crippen LogP contribution in [0.1, 0.15) is 16.7 Å². The Morgan fingerprint density at radius 3 is 2.42 bits per heavy atom. The molecule has 0 saturated heterocycles. The Labute approximate surface area is 122 Å². The lowest BCUT2D eigenvalue weighted by molar-refractivity contribution is 0.185. The Morgan fingerprint density at radius 2 is 1.74 bits per heavy atom. The summed E-state index contributed by atoms with van der Waals surface area (Å²) in [6, 6.07) is 14.7. The van der Waals surface area contributed by atoms with Crippen LogP contribution in [0.4, 0.5) is 5.69 Å². The summed E-state index contributed by atoms with van der Waals surface area (Å²) in [6.45, 7) is 3.57. The van der Waals surface area contributed by atoms with Crippen LogP contribution in [0.25, 0.3) is 0 Å². The van der Waals surface area contributed by atoms with E-state index in [1.807, 2.05) is 0 Å². The second-order valence-corrected chi connectivity index (χ2v) is 5.33. The Bertz CT molecular complexity index is 537. The molecule has 0 saturated carbocycles. The first-order chi connectivity index (χ1) is 9.20. The highest BCUT2D eigenvalue weighted by atomic mass is 79.9. The number of rotatable bonds is 5. The van der Waals surface area contributed by atoms with Crippen molar-refractivity contribution < 1.29 is 4.74 Å². The Morgan fingerprint density at radius 1 is 1.05 bits per heavy atom. The van der Waals surface area contributed by atoms with E-state index in [0.29, 0.717) is 6.61 Å². The Balaban J connectivity index is 2.00. The summed E-state index contributed by atoms with van der Waals surface area (Å²) < 4.78 is 6.23. The van der Waals surface area contributed by atoms with Crippen LogP contribution in [0, 0.1) is 6.92 Å². The molecule has 0 spiro atoms. The maximum atomic E-state index is 5.10. The number of nitrogens with one attached hydrogen (secondary N) is 1. The van der Waals surface area contributed by atoms with Gasteiger partial charge in [-0.2, -0.15) is 0 Å². The van der Waals surface area contributed by atoms with Gasteiger partial charge >= 0.3 is 0 Å².